The smallest absolute Gasteiger partial charge is 0.277 e. The van der Waals surface area contributed by atoms with E-state index in [2.05, 4.69) is 22.4 Å². The lowest BCUT2D eigenvalue weighted by Gasteiger charge is -2.03. The minimum absolute atomic E-state index is 0.0160. The van der Waals surface area contributed by atoms with E-state index < -0.39 is 0 Å². The fraction of sp³-hybridized carbons (Fsp3) is 0.438. The topological polar surface area (TPSA) is 68.0 Å². The maximum absolute atomic E-state index is 11.7. The van der Waals surface area contributed by atoms with Gasteiger partial charge in [-0.3, -0.25) is 4.79 Å². The Labute approximate surface area is 145 Å². The molecule has 1 amide bonds. The predicted molar refractivity (Wildman–Crippen MR) is 92.6 cm³/mol. The highest BCUT2D eigenvalue weighted by atomic mass is 35.5. The van der Waals surface area contributed by atoms with Gasteiger partial charge in [-0.2, -0.15) is 0 Å². The standard InChI is InChI=1S/C16H20ClN3O2S/c1-2-3-4-5-10-18-14(21)11-23-16-20-19-15(22-16)12-6-8-13(17)9-7-12/h6-9H,2-5,10-11H2,1H3,(H,18,21). The number of aromatic nitrogens is 2. The van der Waals surface area contributed by atoms with E-state index in [0.717, 1.165) is 24.9 Å². The Hall–Kier alpha value is -1.53. The van der Waals surface area contributed by atoms with Crippen molar-refractivity contribution in [2.24, 2.45) is 0 Å². The van der Waals surface area contributed by atoms with Gasteiger partial charge in [0.1, 0.15) is 0 Å². The van der Waals surface area contributed by atoms with Crippen LogP contribution in [-0.2, 0) is 4.79 Å². The monoisotopic (exact) mass is 353 g/mol. The quantitative estimate of drug-likeness (QED) is 0.541. The summed E-state index contributed by atoms with van der Waals surface area (Å²) in [5.41, 5.74) is 0.800. The van der Waals surface area contributed by atoms with Gasteiger partial charge in [-0.1, -0.05) is 49.5 Å². The van der Waals surface area contributed by atoms with Crippen LogP contribution < -0.4 is 5.32 Å². The lowest BCUT2D eigenvalue weighted by atomic mass is 10.2. The summed E-state index contributed by atoms with van der Waals surface area (Å²) in [6, 6.07) is 7.15. The van der Waals surface area contributed by atoms with Crippen LogP contribution in [0.1, 0.15) is 32.6 Å². The molecule has 0 fully saturated rings. The lowest BCUT2D eigenvalue weighted by Crippen LogP contribution is -2.26. The molecule has 0 bridgehead atoms. The molecule has 1 N–H and O–H groups in total. The van der Waals surface area contributed by atoms with Crippen LogP contribution in [0.25, 0.3) is 11.5 Å². The molecule has 0 radical (unpaired) electrons. The first kappa shape index (κ1) is 17.8. The molecule has 0 saturated heterocycles. The molecule has 1 aromatic heterocycles. The number of carbonyl (C=O) groups excluding carboxylic acids is 1. The van der Waals surface area contributed by atoms with E-state index in [-0.39, 0.29) is 11.7 Å². The normalized spacial score (nSPS) is 10.7. The molecular formula is C16H20ClN3O2S. The number of hydrogen-bond donors (Lipinski definition) is 1. The average Bonchev–Trinajstić information content (AvgIpc) is 3.02. The minimum atomic E-state index is -0.0160. The van der Waals surface area contributed by atoms with Crippen LogP contribution in [0, 0.1) is 0 Å². The van der Waals surface area contributed by atoms with Gasteiger partial charge in [0.05, 0.1) is 5.75 Å². The third kappa shape index (κ3) is 6.23. The van der Waals surface area contributed by atoms with Gasteiger partial charge in [0, 0.05) is 17.1 Å². The Bertz CT molecular complexity index is 616. The Morgan fingerprint density at radius 3 is 2.74 bits per heavy atom. The van der Waals surface area contributed by atoms with Crippen molar-refractivity contribution in [3.05, 3.63) is 29.3 Å². The highest BCUT2D eigenvalue weighted by Gasteiger charge is 2.11. The molecule has 0 saturated carbocycles. The summed E-state index contributed by atoms with van der Waals surface area (Å²) < 4.78 is 5.54. The van der Waals surface area contributed by atoms with Crippen LogP contribution in [0.2, 0.25) is 5.02 Å². The minimum Gasteiger partial charge on any atom is -0.411 e. The van der Waals surface area contributed by atoms with Crippen LogP contribution in [0.4, 0.5) is 0 Å². The number of hydrogen-bond acceptors (Lipinski definition) is 5. The van der Waals surface area contributed by atoms with Gasteiger partial charge < -0.3 is 9.73 Å². The van der Waals surface area contributed by atoms with Gasteiger partial charge in [0.25, 0.3) is 5.22 Å². The van der Waals surface area contributed by atoms with Crippen molar-refractivity contribution >= 4 is 29.3 Å². The maximum atomic E-state index is 11.7. The van der Waals surface area contributed by atoms with Gasteiger partial charge >= 0.3 is 0 Å². The molecule has 0 aliphatic rings. The van der Waals surface area contributed by atoms with E-state index in [4.69, 9.17) is 16.0 Å². The summed E-state index contributed by atoms with van der Waals surface area (Å²) in [7, 11) is 0. The second-order valence-electron chi connectivity index (χ2n) is 5.08. The average molecular weight is 354 g/mol. The molecule has 7 heteroatoms. The number of nitrogens with zero attached hydrogens (tertiary/aromatic N) is 2. The molecule has 0 spiro atoms. The molecule has 5 nitrogen and oxygen atoms in total. The summed E-state index contributed by atoms with van der Waals surface area (Å²) >= 11 is 7.08. The number of rotatable bonds is 9. The molecule has 0 aliphatic heterocycles. The number of carbonyl (C=O) groups is 1. The fourth-order valence-corrected chi connectivity index (χ4v) is 2.65. The zero-order valence-corrected chi connectivity index (χ0v) is 14.6. The number of benzene rings is 1. The first-order chi connectivity index (χ1) is 11.2. The number of unbranched alkanes of at least 4 members (excludes halogenated alkanes) is 3. The Morgan fingerprint density at radius 1 is 1.22 bits per heavy atom. The van der Waals surface area contributed by atoms with E-state index in [0.29, 0.717) is 16.1 Å². The van der Waals surface area contributed by atoms with Crippen molar-refractivity contribution in [1.82, 2.24) is 15.5 Å². The number of thioether (sulfide) groups is 1. The molecule has 2 aromatic rings. The number of halogens is 1. The maximum Gasteiger partial charge on any atom is 0.277 e. The summed E-state index contributed by atoms with van der Waals surface area (Å²) in [6.07, 6.45) is 4.57. The van der Waals surface area contributed by atoms with Crippen molar-refractivity contribution < 1.29 is 9.21 Å². The zero-order valence-electron chi connectivity index (χ0n) is 13.0. The molecule has 0 unspecified atom stereocenters. The predicted octanol–water partition coefficient (Wildman–Crippen LogP) is 4.18. The van der Waals surface area contributed by atoms with Gasteiger partial charge in [0.15, 0.2) is 0 Å². The van der Waals surface area contributed by atoms with Crippen molar-refractivity contribution in [2.45, 2.75) is 37.8 Å². The number of nitrogens with one attached hydrogen (secondary N) is 1. The van der Waals surface area contributed by atoms with Gasteiger partial charge in [-0.15, -0.1) is 10.2 Å². The summed E-state index contributed by atoms with van der Waals surface area (Å²) in [5.74, 6) is 0.678. The molecule has 1 heterocycles. The van der Waals surface area contributed by atoms with Crippen molar-refractivity contribution in [1.29, 1.82) is 0 Å². The third-order valence-electron chi connectivity index (χ3n) is 3.18. The highest BCUT2D eigenvalue weighted by molar-refractivity contribution is 7.99. The molecule has 124 valence electrons. The van der Waals surface area contributed by atoms with Crippen molar-refractivity contribution in [3.63, 3.8) is 0 Å². The first-order valence-corrected chi connectivity index (χ1v) is 9.04. The fourth-order valence-electron chi connectivity index (χ4n) is 1.94. The van der Waals surface area contributed by atoms with E-state index in [1.165, 1.54) is 24.6 Å². The van der Waals surface area contributed by atoms with Crippen molar-refractivity contribution in [2.75, 3.05) is 12.3 Å². The molecular weight excluding hydrogens is 334 g/mol. The molecule has 0 aliphatic carbocycles. The molecule has 1 aromatic carbocycles. The van der Waals surface area contributed by atoms with E-state index in [1.54, 1.807) is 12.1 Å². The van der Waals surface area contributed by atoms with Crippen LogP contribution in [0.15, 0.2) is 33.9 Å². The van der Waals surface area contributed by atoms with Gasteiger partial charge in [-0.25, -0.2) is 0 Å². The Morgan fingerprint density at radius 2 is 2.00 bits per heavy atom. The Balaban J connectivity index is 1.74. The Kier molecular flexibility index (Phi) is 7.42. The largest absolute Gasteiger partial charge is 0.411 e. The van der Waals surface area contributed by atoms with Crippen molar-refractivity contribution in [3.8, 4) is 11.5 Å². The third-order valence-corrected chi connectivity index (χ3v) is 4.25. The summed E-state index contributed by atoms with van der Waals surface area (Å²) in [4.78, 5) is 11.7. The molecule has 23 heavy (non-hydrogen) atoms. The SMILES string of the molecule is CCCCCCNC(=O)CSc1nnc(-c2ccc(Cl)cc2)o1. The van der Waals surface area contributed by atoms with E-state index >= 15 is 0 Å². The van der Waals surface area contributed by atoms with E-state index in [9.17, 15) is 4.79 Å². The second-order valence-corrected chi connectivity index (χ2v) is 6.44. The summed E-state index contributed by atoms with van der Waals surface area (Å²) in [5, 5.41) is 11.8. The van der Waals surface area contributed by atoms with Gasteiger partial charge in [-0.05, 0) is 30.7 Å². The first-order valence-electron chi connectivity index (χ1n) is 7.68. The van der Waals surface area contributed by atoms with E-state index in [1.807, 2.05) is 12.1 Å². The second kappa shape index (κ2) is 9.57. The van der Waals surface area contributed by atoms with Crippen LogP contribution in [-0.4, -0.2) is 28.4 Å². The molecule has 0 atom stereocenters. The highest BCUT2D eigenvalue weighted by Crippen LogP contribution is 2.24. The lowest BCUT2D eigenvalue weighted by molar-refractivity contribution is -0.118. The van der Waals surface area contributed by atoms with Crippen LogP contribution in [0.5, 0.6) is 0 Å². The van der Waals surface area contributed by atoms with Crippen LogP contribution >= 0.6 is 23.4 Å². The zero-order chi connectivity index (χ0) is 16.5. The summed E-state index contributed by atoms with van der Waals surface area (Å²) in [6.45, 7) is 2.89. The van der Waals surface area contributed by atoms with Gasteiger partial charge in [0.2, 0.25) is 11.8 Å². The number of amides is 1. The molecule has 2 rings (SSSR count). The van der Waals surface area contributed by atoms with Crippen LogP contribution in [0.3, 0.4) is 0 Å².